The van der Waals surface area contributed by atoms with Gasteiger partial charge in [-0.15, -0.1) is 0 Å². The third kappa shape index (κ3) is 1.19. The predicted molar refractivity (Wildman–Crippen MR) is 54.2 cm³/mol. The maximum atomic E-state index is 11.7. The van der Waals surface area contributed by atoms with Crippen LogP contribution in [0.4, 0.5) is 0 Å². The molecule has 14 heavy (non-hydrogen) atoms. The first-order valence-corrected chi connectivity index (χ1v) is 4.52. The Morgan fingerprint density at radius 1 is 1.50 bits per heavy atom. The van der Waals surface area contributed by atoms with Crippen molar-refractivity contribution >= 4 is 10.9 Å². The highest BCUT2D eigenvalue weighted by Crippen LogP contribution is 2.10. The lowest BCUT2D eigenvalue weighted by Crippen LogP contribution is -2.17. The Labute approximate surface area is 81.2 Å². The third-order valence-corrected chi connectivity index (χ3v) is 2.30. The molecule has 0 atom stereocenters. The smallest absolute Gasteiger partial charge is 0.261 e. The number of fused-ring (bicyclic) bond motifs is 1. The van der Waals surface area contributed by atoms with E-state index in [1.165, 1.54) is 6.33 Å². The lowest BCUT2D eigenvalue weighted by molar-refractivity contribution is 0.853. The number of aryl methyl sites for hydroxylation is 2. The van der Waals surface area contributed by atoms with Gasteiger partial charge in [-0.05, 0) is 12.0 Å². The molecule has 72 valence electrons. The van der Waals surface area contributed by atoms with E-state index in [1.54, 1.807) is 17.8 Å². The zero-order valence-electron chi connectivity index (χ0n) is 8.19. The van der Waals surface area contributed by atoms with E-state index in [2.05, 4.69) is 9.97 Å². The molecule has 0 spiro atoms. The van der Waals surface area contributed by atoms with Gasteiger partial charge in [0.1, 0.15) is 6.33 Å². The zero-order valence-corrected chi connectivity index (χ0v) is 8.19. The molecule has 0 bridgehead atoms. The molecule has 0 fully saturated rings. The summed E-state index contributed by atoms with van der Waals surface area (Å²) < 4.78 is 1.57. The first-order chi connectivity index (χ1) is 6.74. The van der Waals surface area contributed by atoms with Gasteiger partial charge in [-0.2, -0.15) is 0 Å². The quantitative estimate of drug-likeness (QED) is 0.669. The number of hydrogen-bond donors (Lipinski definition) is 0. The molecule has 2 rings (SSSR count). The lowest BCUT2D eigenvalue weighted by atomic mass is 10.1. The number of aromatic nitrogens is 3. The molecule has 0 N–H and O–H groups in total. The maximum Gasteiger partial charge on any atom is 0.261 e. The highest BCUT2D eigenvalue weighted by atomic mass is 16.1. The van der Waals surface area contributed by atoms with Crippen molar-refractivity contribution in [3.8, 4) is 0 Å². The summed E-state index contributed by atoms with van der Waals surface area (Å²) in [6.45, 7) is 2.04. The van der Waals surface area contributed by atoms with Crippen molar-refractivity contribution in [2.75, 3.05) is 0 Å². The van der Waals surface area contributed by atoms with Gasteiger partial charge in [0, 0.05) is 19.4 Å². The third-order valence-electron chi connectivity index (χ3n) is 2.30. The van der Waals surface area contributed by atoms with Crippen molar-refractivity contribution in [2.24, 2.45) is 7.05 Å². The van der Waals surface area contributed by atoms with E-state index < -0.39 is 0 Å². The van der Waals surface area contributed by atoms with Crippen LogP contribution in [-0.4, -0.2) is 14.5 Å². The van der Waals surface area contributed by atoms with Crippen molar-refractivity contribution < 1.29 is 0 Å². The van der Waals surface area contributed by atoms with Crippen molar-refractivity contribution in [2.45, 2.75) is 13.3 Å². The van der Waals surface area contributed by atoms with Gasteiger partial charge in [0.2, 0.25) is 0 Å². The van der Waals surface area contributed by atoms with Gasteiger partial charge in [0.25, 0.3) is 5.56 Å². The first kappa shape index (κ1) is 8.87. The molecule has 0 aliphatic rings. The second-order valence-corrected chi connectivity index (χ2v) is 3.21. The lowest BCUT2D eigenvalue weighted by Gasteiger charge is -2.05. The maximum absolute atomic E-state index is 11.7. The minimum atomic E-state index is -0.0437. The SMILES string of the molecule is CCc1cn(C)c(=O)c2cncnc12. The van der Waals surface area contributed by atoms with Crippen molar-refractivity contribution in [3.63, 3.8) is 0 Å². The summed E-state index contributed by atoms with van der Waals surface area (Å²) in [7, 11) is 1.74. The summed E-state index contributed by atoms with van der Waals surface area (Å²) in [6, 6.07) is 0. The first-order valence-electron chi connectivity index (χ1n) is 4.52. The molecular formula is C10H11N3O. The Kier molecular flexibility index (Phi) is 2.04. The number of nitrogens with zero attached hydrogens (tertiary/aromatic N) is 3. The van der Waals surface area contributed by atoms with Gasteiger partial charge >= 0.3 is 0 Å². The Bertz CT molecular complexity index is 530. The van der Waals surface area contributed by atoms with Crippen LogP contribution in [-0.2, 0) is 13.5 Å². The Morgan fingerprint density at radius 2 is 2.29 bits per heavy atom. The van der Waals surface area contributed by atoms with E-state index in [9.17, 15) is 4.79 Å². The van der Waals surface area contributed by atoms with Crippen LogP contribution in [0.5, 0.6) is 0 Å². The molecule has 4 heteroatoms. The fraction of sp³-hybridized carbons (Fsp3) is 0.300. The zero-order chi connectivity index (χ0) is 10.1. The monoisotopic (exact) mass is 189 g/mol. The van der Waals surface area contributed by atoms with Crippen LogP contribution >= 0.6 is 0 Å². The summed E-state index contributed by atoms with van der Waals surface area (Å²) in [5.41, 5.74) is 1.80. The Hall–Kier alpha value is -1.71. The van der Waals surface area contributed by atoms with Crippen LogP contribution in [0.1, 0.15) is 12.5 Å². The van der Waals surface area contributed by atoms with Gasteiger partial charge in [-0.1, -0.05) is 6.92 Å². The molecule has 0 amide bonds. The molecule has 0 saturated heterocycles. The molecule has 2 heterocycles. The van der Waals surface area contributed by atoms with E-state index >= 15 is 0 Å². The van der Waals surface area contributed by atoms with E-state index in [0.717, 1.165) is 17.5 Å². The van der Waals surface area contributed by atoms with Gasteiger partial charge < -0.3 is 4.57 Å². The predicted octanol–water partition coefficient (Wildman–Crippen LogP) is 0.891. The number of rotatable bonds is 1. The Morgan fingerprint density at radius 3 is 3.00 bits per heavy atom. The van der Waals surface area contributed by atoms with Crippen molar-refractivity contribution in [1.82, 2.24) is 14.5 Å². The average Bonchev–Trinajstić information content (AvgIpc) is 2.23. The minimum absolute atomic E-state index is 0.0437. The van der Waals surface area contributed by atoms with Gasteiger partial charge in [0.15, 0.2) is 0 Å². The molecule has 0 unspecified atom stereocenters. The number of hydrogen-bond acceptors (Lipinski definition) is 3. The second kappa shape index (κ2) is 3.21. The van der Waals surface area contributed by atoms with Crippen LogP contribution in [0.3, 0.4) is 0 Å². The topological polar surface area (TPSA) is 47.8 Å². The summed E-state index contributed by atoms with van der Waals surface area (Å²) in [6.07, 6.45) is 5.74. The standard InChI is InChI=1S/C10H11N3O/c1-3-7-5-13(2)10(14)8-4-11-6-12-9(7)8/h4-6H,3H2,1-2H3. The summed E-state index contributed by atoms with van der Waals surface area (Å²) in [5.74, 6) is 0. The van der Waals surface area contributed by atoms with Crippen LogP contribution in [0.25, 0.3) is 10.9 Å². The van der Waals surface area contributed by atoms with Gasteiger partial charge in [-0.3, -0.25) is 4.79 Å². The van der Waals surface area contributed by atoms with Crippen LogP contribution in [0.2, 0.25) is 0 Å². The molecule has 4 nitrogen and oxygen atoms in total. The molecule has 0 saturated carbocycles. The van der Waals surface area contributed by atoms with E-state index in [-0.39, 0.29) is 5.56 Å². The average molecular weight is 189 g/mol. The second-order valence-electron chi connectivity index (χ2n) is 3.21. The number of pyridine rings is 1. The minimum Gasteiger partial charge on any atom is -0.318 e. The molecule has 2 aromatic rings. The van der Waals surface area contributed by atoms with E-state index in [0.29, 0.717) is 5.39 Å². The van der Waals surface area contributed by atoms with Gasteiger partial charge in [-0.25, -0.2) is 9.97 Å². The normalized spacial score (nSPS) is 10.7. The fourth-order valence-electron chi connectivity index (χ4n) is 1.54. The van der Waals surface area contributed by atoms with Crippen LogP contribution in [0, 0.1) is 0 Å². The molecule has 0 aliphatic heterocycles. The largest absolute Gasteiger partial charge is 0.318 e. The highest BCUT2D eigenvalue weighted by molar-refractivity contribution is 5.79. The Balaban J connectivity index is 2.97. The molecular weight excluding hydrogens is 178 g/mol. The summed E-state index contributed by atoms with van der Waals surface area (Å²) in [5, 5.41) is 0.592. The van der Waals surface area contributed by atoms with E-state index in [1.807, 2.05) is 13.1 Å². The molecule has 2 aromatic heterocycles. The van der Waals surface area contributed by atoms with Crippen LogP contribution in [0.15, 0.2) is 23.5 Å². The molecule has 0 radical (unpaired) electrons. The molecule has 0 aliphatic carbocycles. The summed E-state index contributed by atoms with van der Waals surface area (Å²) in [4.78, 5) is 19.7. The van der Waals surface area contributed by atoms with Crippen molar-refractivity contribution in [1.29, 1.82) is 0 Å². The molecule has 0 aromatic carbocycles. The highest BCUT2D eigenvalue weighted by Gasteiger charge is 2.05. The van der Waals surface area contributed by atoms with Crippen molar-refractivity contribution in [3.05, 3.63) is 34.6 Å². The van der Waals surface area contributed by atoms with E-state index in [4.69, 9.17) is 0 Å². The summed E-state index contributed by atoms with van der Waals surface area (Å²) >= 11 is 0. The fourth-order valence-corrected chi connectivity index (χ4v) is 1.54. The van der Waals surface area contributed by atoms with Gasteiger partial charge in [0.05, 0.1) is 10.9 Å². The van der Waals surface area contributed by atoms with Crippen LogP contribution < -0.4 is 5.56 Å².